The third-order valence-electron chi connectivity index (χ3n) is 3.59. The van der Waals surface area contributed by atoms with Crippen molar-refractivity contribution in [2.45, 2.75) is 19.8 Å². The van der Waals surface area contributed by atoms with E-state index in [4.69, 9.17) is 0 Å². The fourth-order valence-electron chi connectivity index (χ4n) is 2.53. The van der Waals surface area contributed by atoms with Crippen LogP contribution in [0.1, 0.15) is 18.1 Å². The van der Waals surface area contributed by atoms with Gasteiger partial charge in [0.25, 0.3) is 0 Å². The lowest BCUT2D eigenvalue weighted by molar-refractivity contribution is 0.451. The monoisotopic (exact) mass is 289 g/mol. The summed E-state index contributed by atoms with van der Waals surface area (Å²) in [6, 6.07) is 14.5. The Bertz CT molecular complexity index is 554. The van der Waals surface area contributed by atoms with Gasteiger partial charge in [-0.1, -0.05) is 49.4 Å². The van der Waals surface area contributed by atoms with Gasteiger partial charge in [-0.2, -0.15) is 0 Å². The Morgan fingerprint density at radius 3 is 2.43 bits per heavy atom. The smallest absolute Gasteiger partial charge is 0.162 e. The summed E-state index contributed by atoms with van der Waals surface area (Å²) in [5.74, 6) is -1.25. The van der Waals surface area contributed by atoms with Crippen molar-refractivity contribution < 1.29 is 8.78 Å². The molecule has 1 unspecified atom stereocenters. The quantitative estimate of drug-likeness (QED) is 0.813. The molecule has 0 aliphatic rings. The van der Waals surface area contributed by atoms with Crippen LogP contribution in [-0.2, 0) is 12.8 Å². The second-order valence-corrected chi connectivity index (χ2v) is 5.28. The van der Waals surface area contributed by atoms with E-state index in [1.807, 2.05) is 25.1 Å². The molecule has 2 aromatic rings. The van der Waals surface area contributed by atoms with Gasteiger partial charge in [0.05, 0.1) is 0 Å². The van der Waals surface area contributed by atoms with E-state index in [0.29, 0.717) is 12.0 Å². The summed E-state index contributed by atoms with van der Waals surface area (Å²) >= 11 is 0. The van der Waals surface area contributed by atoms with Gasteiger partial charge in [0.15, 0.2) is 11.6 Å². The van der Waals surface area contributed by atoms with E-state index >= 15 is 0 Å². The van der Waals surface area contributed by atoms with Crippen LogP contribution in [0.4, 0.5) is 8.78 Å². The molecule has 0 aromatic heterocycles. The topological polar surface area (TPSA) is 12.0 Å². The Kier molecular flexibility index (Phi) is 5.88. The Labute approximate surface area is 125 Å². The molecule has 21 heavy (non-hydrogen) atoms. The van der Waals surface area contributed by atoms with Crippen LogP contribution >= 0.6 is 0 Å². The molecule has 2 rings (SSSR count). The number of hydrogen-bond donors (Lipinski definition) is 1. The van der Waals surface area contributed by atoms with E-state index in [2.05, 4.69) is 17.4 Å². The standard InChI is InChI=1S/C18H21F2N/c1-2-21-13-15(11-14-7-4-3-5-8-14)12-16-9-6-10-17(19)18(16)20/h3-10,15,21H,2,11-13H2,1H3. The molecule has 0 spiro atoms. The normalized spacial score (nSPS) is 12.3. The molecule has 0 saturated carbocycles. The number of rotatable bonds is 7. The van der Waals surface area contributed by atoms with Crippen molar-refractivity contribution >= 4 is 0 Å². The molecule has 0 aliphatic heterocycles. The maximum atomic E-state index is 13.8. The molecular formula is C18H21F2N. The summed E-state index contributed by atoms with van der Waals surface area (Å²) < 4.78 is 27.1. The summed E-state index contributed by atoms with van der Waals surface area (Å²) in [6.07, 6.45) is 1.38. The lowest BCUT2D eigenvalue weighted by Crippen LogP contribution is -2.26. The Morgan fingerprint density at radius 2 is 1.71 bits per heavy atom. The van der Waals surface area contributed by atoms with E-state index in [1.165, 1.54) is 5.56 Å². The Morgan fingerprint density at radius 1 is 0.952 bits per heavy atom. The minimum absolute atomic E-state index is 0.239. The van der Waals surface area contributed by atoms with Crippen molar-refractivity contribution in [3.63, 3.8) is 0 Å². The van der Waals surface area contributed by atoms with Crippen LogP contribution < -0.4 is 5.32 Å². The number of benzene rings is 2. The summed E-state index contributed by atoms with van der Waals surface area (Å²) in [5.41, 5.74) is 1.67. The third-order valence-corrected chi connectivity index (χ3v) is 3.59. The molecule has 112 valence electrons. The molecule has 0 fully saturated rings. The van der Waals surface area contributed by atoms with Gasteiger partial charge < -0.3 is 5.32 Å². The highest BCUT2D eigenvalue weighted by molar-refractivity contribution is 5.21. The molecule has 3 heteroatoms. The van der Waals surface area contributed by atoms with Gasteiger partial charge in [-0.3, -0.25) is 0 Å². The molecule has 0 amide bonds. The highest BCUT2D eigenvalue weighted by Crippen LogP contribution is 2.18. The predicted molar refractivity (Wildman–Crippen MR) is 82.2 cm³/mol. The maximum Gasteiger partial charge on any atom is 0.162 e. The Hall–Kier alpha value is -1.74. The number of nitrogens with one attached hydrogen (secondary N) is 1. The fraction of sp³-hybridized carbons (Fsp3) is 0.333. The lowest BCUT2D eigenvalue weighted by Gasteiger charge is -2.18. The van der Waals surface area contributed by atoms with Gasteiger partial charge in [0.1, 0.15) is 0 Å². The zero-order valence-corrected chi connectivity index (χ0v) is 12.3. The van der Waals surface area contributed by atoms with E-state index in [0.717, 1.165) is 25.6 Å². The van der Waals surface area contributed by atoms with Gasteiger partial charge in [-0.05, 0) is 49.0 Å². The highest BCUT2D eigenvalue weighted by atomic mass is 19.2. The molecule has 0 bridgehead atoms. The molecule has 1 nitrogen and oxygen atoms in total. The molecule has 0 radical (unpaired) electrons. The first-order valence-corrected chi connectivity index (χ1v) is 7.38. The molecule has 0 heterocycles. The SMILES string of the molecule is CCNCC(Cc1ccccc1)Cc1cccc(F)c1F. The molecule has 1 atom stereocenters. The number of halogens is 2. The van der Waals surface area contributed by atoms with E-state index in [-0.39, 0.29) is 5.92 Å². The van der Waals surface area contributed by atoms with Crippen molar-refractivity contribution in [2.24, 2.45) is 5.92 Å². The average Bonchev–Trinajstić information content (AvgIpc) is 2.50. The minimum atomic E-state index is -0.769. The molecule has 2 aromatic carbocycles. The molecule has 1 N–H and O–H groups in total. The fourth-order valence-corrected chi connectivity index (χ4v) is 2.53. The summed E-state index contributed by atoms with van der Waals surface area (Å²) in [6.45, 7) is 3.71. The minimum Gasteiger partial charge on any atom is -0.317 e. The van der Waals surface area contributed by atoms with Gasteiger partial charge in [-0.15, -0.1) is 0 Å². The van der Waals surface area contributed by atoms with Gasteiger partial charge >= 0.3 is 0 Å². The van der Waals surface area contributed by atoms with Crippen LogP contribution in [0.2, 0.25) is 0 Å². The average molecular weight is 289 g/mol. The van der Waals surface area contributed by atoms with Crippen LogP contribution in [-0.4, -0.2) is 13.1 Å². The van der Waals surface area contributed by atoms with E-state index < -0.39 is 11.6 Å². The summed E-state index contributed by atoms with van der Waals surface area (Å²) in [4.78, 5) is 0. The first kappa shape index (κ1) is 15.6. The Balaban J connectivity index is 2.10. The van der Waals surface area contributed by atoms with Crippen LogP contribution in [0.3, 0.4) is 0 Å². The first-order valence-electron chi connectivity index (χ1n) is 7.38. The van der Waals surface area contributed by atoms with Crippen molar-refractivity contribution in [3.8, 4) is 0 Å². The second kappa shape index (κ2) is 7.89. The molecular weight excluding hydrogens is 268 g/mol. The van der Waals surface area contributed by atoms with Crippen molar-refractivity contribution in [1.29, 1.82) is 0 Å². The van der Waals surface area contributed by atoms with Crippen LogP contribution in [0.15, 0.2) is 48.5 Å². The van der Waals surface area contributed by atoms with Crippen LogP contribution in [0, 0.1) is 17.6 Å². The predicted octanol–water partition coefficient (Wildman–Crippen LogP) is 3.98. The zero-order valence-electron chi connectivity index (χ0n) is 12.3. The first-order chi connectivity index (χ1) is 10.2. The molecule has 0 aliphatic carbocycles. The number of hydrogen-bond acceptors (Lipinski definition) is 1. The van der Waals surface area contributed by atoms with E-state index in [1.54, 1.807) is 12.1 Å². The van der Waals surface area contributed by atoms with E-state index in [9.17, 15) is 8.78 Å². The van der Waals surface area contributed by atoms with Gasteiger partial charge in [0, 0.05) is 0 Å². The highest BCUT2D eigenvalue weighted by Gasteiger charge is 2.15. The van der Waals surface area contributed by atoms with Crippen molar-refractivity contribution in [3.05, 3.63) is 71.3 Å². The summed E-state index contributed by atoms with van der Waals surface area (Å²) in [7, 11) is 0. The largest absolute Gasteiger partial charge is 0.317 e. The van der Waals surface area contributed by atoms with Crippen LogP contribution in [0.25, 0.3) is 0 Å². The molecule has 0 saturated heterocycles. The van der Waals surface area contributed by atoms with Gasteiger partial charge in [0.2, 0.25) is 0 Å². The van der Waals surface area contributed by atoms with Gasteiger partial charge in [-0.25, -0.2) is 8.78 Å². The summed E-state index contributed by atoms with van der Waals surface area (Å²) in [5, 5.41) is 3.31. The van der Waals surface area contributed by atoms with Crippen molar-refractivity contribution in [1.82, 2.24) is 5.32 Å². The third kappa shape index (κ3) is 4.64. The van der Waals surface area contributed by atoms with Crippen molar-refractivity contribution in [2.75, 3.05) is 13.1 Å². The second-order valence-electron chi connectivity index (χ2n) is 5.28. The van der Waals surface area contributed by atoms with Crippen LogP contribution in [0.5, 0.6) is 0 Å². The maximum absolute atomic E-state index is 13.8. The lowest BCUT2D eigenvalue weighted by atomic mass is 9.92. The zero-order chi connectivity index (χ0) is 15.1.